The summed E-state index contributed by atoms with van der Waals surface area (Å²) in [4.78, 5) is 29.1. The first kappa shape index (κ1) is 29.3. The molecule has 3 rings (SSSR count). The summed E-state index contributed by atoms with van der Waals surface area (Å²) in [5.41, 5.74) is 3.07. The van der Waals surface area contributed by atoms with E-state index in [1.165, 1.54) is 11.8 Å². The highest BCUT2D eigenvalue weighted by Crippen LogP contribution is 2.30. The topological polar surface area (TPSA) is 136 Å². The fraction of sp³-hybridized carbons (Fsp3) is 0.448. The monoisotopic (exact) mass is 539 g/mol. The van der Waals surface area contributed by atoms with Gasteiger partial charge in [-0.25, -0.2) is 4.98 Å². The quantitative estimate of drug-likeness (QED) is 0.184. The summed E-state index contributed by atoms with van der Waals surface area (Å²) in [6.07, 6.45) is 5.45. The van der Waals surface area contributed by atoms with E-state index in [4.69, 9.17) is 16.7 Å². The molecule has 8 nitrogen and oxygen atoms in total. The summed E-state index contributed by atoms with van der Waals surface area (Å²) in [6, 6.07) is 11.5. The van der Waals surface area contributed by atoms with Crippen LogP contribution in [-0.4, -0.2) is 49.3 Å². The van der Waals surface area contributed by atoms with Crippen LogP contribution in [0.5, 0.6) is 0 Å². The summed E-state index contributed by atoms with van der Waals surface area (Å²) in [5.74, 6) is -1.55. The number of aliphatic hydroxyl groups is 2. The number of rotatable bonds is 15. The Morgan fingerprint density at radius 1 is 1.13 bits per heavy atom. The molecule has 2 atom stereocenters. The van der Waals surface area contributed by atoms with E-state index in [0.29, 0.717) is 34.3 Å². The van der Waals surface area contributed by atoms with Crippen LogP contribution in [0.1, 0.15) is 72.6 Å². The summed E-state index contributed by atoms with van der Waals surface area (Å²) in [5, 5.41) is 39.5. The minimum atomic E-state index is -1.05. The van der Waals surface area contributed by atoms with E-state index in [1.807, 2.05) is 18.2 Å². The number of aryl methyl sites for hydroxylation is 1. The maximum atomic E-state index is 13.5. The highest BCUT2D eigenvalue weighted by molar-refractivity contribution is 6.30. The fourth-order valence-electron chi connectivity index (χ4n) is 4.83. The summed E-state index contributed by atoms with van der Waals surface area (Å²) in [7, 11) is 0. The second-order valence-corrected chi connectivity index (χ2v) is 10.3. The molecule has 0 saturated carbocycles. The van der Waals surface area contributed by atoms with Gasteiger partial charge in [0.2, 0.25) is 0 Å². The highest BCUT2D eigenvalue weighted by atomic mass is 35.5. The van der Waals surface area contributed by atoms with Gasteiger partial charge in [-0.05, 0) is 55.4 Å². The van der Waals surface area contributed by atoms with Crippen LogP contribution < -0.4 is 0 Å². The zero-order chi connectivity index (χ0) is 27.7. The van der Waals surface area contributed by atoms with Gasteiger partial charge in [0, 0.05) is 40.7 Å². The molecule has 3 N–H and O–H groups in total. The van der Waals surface area contributed by atoms with Crippen molar-refractivity contribution in [2.75, 3.05) is 6.61 Å². The van der Waals surface area contributed by atoms with E-state index < -0.39 is 18.7 Å². The van der Waals surface area contributed by atoms with Gasteiger partial charge in [0.25, 0.3) is 0 Å². The van der Waals surface area contributed by atoms with E-state index >= 15 is 0 Å². The van der Waals surface area contributed by atoms with Gasteiger partial charge < -0.3 is 19.9 Å². The zero-order valence-electron chi connectivity index (χ0n) is 21.6. The first-order valence-electron chi connectivity index (χ1n) is 12.9. The van der Waals surface area contributed by atoms with Gasteiger partial charge in [-0.15, -0.1) is 0 Å². The molecule has 2 aromatic heterocycles. The molecule has 0 saturated heterocycles. The molecule has 0 aliphatic heterocycles. The standard InChI is InChI=1S/C29H34ClN3O5/c1-19(12-27(37)38)11-26(36)28-24-14-21(15-31)16-32-29(24)33(17-23(35)18-34)25(28)10-5-3-2-4-7-20-8-6-9-22(30)13-20/h6,8-9,13-14,16,19,23,34-35H,2-5,7,10-12,17-18H2,1H3,(H,37,38)/t19?,23-/m1/s1. The van der Waals surface area contributed by atoms with Crippen molar-refractivity contribution in [2.45, 2.75) is 70.9 Å². The number of benzene rings is 1. The number of halogens is 1. The molecule has 2 heterocycles. The fourth-order valence-corrected chi connectivity index (χ4v) is 5.04. The van der Waals surface area contributed by atoms with Crippen LogP contribution in [-0.2, 0) is 24.2 Å². The average Bonchev–Trinajstić information content (AvgIpc) is 3.17. The summed E-state index contributed by atoms with van der Waals surface area (Å²) >= 11 is 6.07. The van der Waals surface area contributed by atoms with Crippen molar-refractivity contribution in [3.63, 3.8) is 0 Å². The number of unbranched alkanes of at least 4 members (excludes halogenated alkanes) is 3. The van der Waals surface area contributed by atoms with Crippen molar-refractivity contribution >= 4 is 34.4 Å². The highest BCUT2D eigenvalue weighted by Gasteiger charge is 2.26. The van der Waals surface area contributed by atoms with Gasteiger partial charge in [0.1, 0.15) is 11.7 Å². The van der Waals surface area contributed by atoms with E-state index in [1.54, 1.807) is 17.6 Å². The molecule has 3 aromatic rings. The van der Waals surface area contributed by atoms with Gasteiger partial charge in [-0.1, -0.05) is 43.5 Å². The molecule has 0 bridgehead atoms. The lowest BCUT2D eigenvalue weighted by Gasteiger charge is -2.15. The number of pyridine rings is 1. The van der Waals surface area contributed by atoms with Gasteiger partial charge in [0.15, 0.2) is 5.78 Å². The van der Waals surface area contributed by atoms with Crippen molar-refractivity contribution in [3.05, 3.63) is 63.9 Å². The third kappa shape index (κ3) is 7.87. The van der Waals surface area contributed by atoms with Gasteiger partial charge >= 0.3 is 5.97 Å². The number of hydrogen-bond acceptors (Lipinski definition) is 6. The van der Waals surface area contributed by atoms with Crippen LogP contribution >= 0.6 is 11.6 Å². The number of aromatic nitrogens is 2. The van der Waals surface area contributed by atoms with Crippen LogP contribution in [0.15, 0.2) is 36.5 Å². The molecule has 38 heavy (non-hydrogen) atoms. The smallest absolute Gasteiger partial charge is 0.303 e. The van der Waals surface area contributed by atoms with Crippen molar-refractivity contribution < 1.29 is 24.9 Å². The zero-order valence-corrected chi connectivity index (χ0v) is 22.3. The minimum Gasteiger partial charge on any atom is -0.481 e. The number of Topliss-reactive ketones (excluding diaryl/α,β-unsaturated/α-hetero) is 1. The molecule has 0 aliphatic rings. The Morgan fingerprint density at radius 3 is 2.53 bits per heavy atom. The Bertz CT molecular complexity index is 1310. The second-order valence-electron chi connectivity index (χ2n) is 9.85. The van der Waals surface area contributed by atoms with E-state index in [2.05, 4.69) is 17.1 Å². The molecule has 0 aliphatic carbocycles. The van der Waals surface area contributed by atoms with Crippen molar-refractivity contribution in [1.82, 2.24) is 9.55 Å². The summed E-state index contributed by atoms with van der Waals surface area (Å²) in [6.45, 7) is 1.32. The molecule has 0 radical (unpaired) electrons. The Morgan fingerprint density at radius 2 is 1.87 bits per heavy atom. The largest absolute Gasteiger partial charge is 0.481 e. The van der Waals surface area contributed by atoms with Crippen LogP contribution in [0.4, 0.5) is 0 Å². The van der Waals surface area contributed by atoms with Crippen molar-refractivity contribution in [1.29, 1.82) is 5.26 Å². The molecular formula is C29H34ClN3O5. The Labute approximate surface area is 227 Å². The van der Waals surface area contributed by atoms with E-state index in [9.17, 15) is 25.1 Å². The second kappa shape index (κ2) is 14.1. The number of carboxylic acid groups (broad SMARTS) is 1. The Kier molecular flexibility index (Phi) is 10.8. The number of carboxylic acids is 1. The number of ketones is 1. The number of nitriles is 1. The molecule has 0 amide bonds. The first-order valence-corrected chi connectivity index (χ1v) is 13.3. The lowest BCUT2D eigenvalue weighted by molar-refractivity contribution is -0.137. The number of aliphatic carboxylic acids is 1. The lowest BCUT2D eigenvalue weighted by Crippen LogP contribution is -2.22. The number of carbonyl (C=O) groups is 2. The van der Waals surface area contributed by atoms with Crippen molar-refractivity contribution in [3.8, 4) is 6.07 Å². The number of carbonyl (C=O) groups excluding carboxylic acids is 1. The van der Waals surface area contributed by atoms with E-state index in [0.717, 1.165) is 37.1 Å². The Balaban J connectivity index is 1.85. The molecule has 0 spiro atoms. The third-order valence-corrected chi connectivity index (χ3v) is 6.83. The number of hydrogen-bond donors (Lipinski definition) is 3. The molecule has 1 unspecified atom stereocenters. The molecular weight excluding hydrogens is 506 g/mol. The summed E-state index contributed by atoms with van der Waals surface area (Å²) < 4.78 is 1.76. The number of aliphatic hydroxyl groups excluding tert-OH is 2. The predicted octanol–water partition coefficient (Wildman–Crippen LogP) is 4.94. The van der Waals surface area contributed by atoms with Crippen LogP contribution in [0.3, 0.4) is 0 Å². The van der Waals surface area contributed by atoms with Crippen LogP contribution in [0.25, 0.3) is 11.0 Å². The first-order chi connectivity index (χ1) is 18.2. The molecule has 1 aromatic carbocycles. The predicted molar refractivity (Wildman–Crippen MR) is 145 cm³/mol. The molecule has 0 fully saturated rings. The normalized spacial score (nSPS) is 12.8. The number of nitrogens with zero attached hydrogens (tertiary/aromatic N) is 3. The number of fused-ring (bicyclic) bond motifs is 1. The average molecular weight is 540 g/mol. The molecule has 202 valence electrons. The maximum absolute atomic E-state index is 13.5. The van der Waals surface area contributed by atoms with Crippen molar-refractivity contribution in [2.24, 2.45) is 5.92 Å². The van der Waals surface area contributed by atoms with Crippen LogP contribution in [0.2, 0.25) is 5.02 Å². The minimum absolute atomic E-state index is 0.0391. The SMILES string of the molecule is CC(CC(=O)O)CC(=O)c1c(CCCCCCc2cccc(Cl)c2)n(C[C@@H](O)CO)c2ncc(C#N)cc12. The molecule has 9 heteroatoms. The van der Waals surface area contributed by atoms with Crippen LogP contribution in [0, 0.1) is 17.2 Å². The third-order valence-electron chi connectivity index (χ3n) is 6.59. The Hall–Kier alpha value is -3.25. The van der Waals surface area contributed by atoms with Gasteiger partial charge in [0.05, 0.1) is 24.8 Å². The van der Waals surface area contributed by atoms with Gasteiger partial charge in [-0.3, -0.25) is 9.59 Å². The lowest BCUT2D eigenvalue weighted by atomic mass is 9.94. The van der Waals surface area contributed by atoms with Gasteiger partial charge in [-0.2, -0.15) is 5.26 Å². The van der Waals surface area contributed by atoms with E-state index in [-0.39, 0.29) is 31.1 Å². The maximum Gasteiger partial charge on any atom is 0.303 e.